The van der Waals surface area contributed by atoms with Crippen molar-refractivity contribution in [2.45, 2.75) is 25.8 Å². The number of carboxylic acid groups (broad SMARTS) is 1. The molecule has 1 saturated heterocycles. The smallest absolute Gasteiger partial charge is 0.371 e. The second-order valence-corrected chi connectivity index (χ2v) is 6.49. The number of carbonyl (C=O) groups excluding carboxylic acids is 1. The molecule has 0 radical (unpaired) electrons. The highest BCUT2D eigenvalue weighted by atomic mass is 79.9. The third kappa shape index (κ3) is 3.03. The lowest BCUT2D eigenvalue weighted by Crippen LogP contribution is -2.30. The molecular weight excluding hydrogens is 362 g/mol. The predicted molar refractivity (Wildman–Crippen MR) is 87.6 cm³/mol. The molecule has 1 aromatic carbocycles. The van der Waals surface area contributed by atoms with E-state index in [4.69, 9.17) is 9.52 Å². The summed E-state index contributed by atoms with van der Waals surface area (Å²) in [5.41, 5.74) is 2.20. The van der Waals surface area contributed by atoms with Crippen molar-refractivity contribution in [2.24, 2.45) is 0 Å². The van der Waals surface area contributed by atoms with Gasteiger partial charge in [-0.25, -0.2) is 4.79 Å². The van der Waals surface area contributed by atoms with Crippen molar-refractivity contribution in [1.29, 1.82) is 0 Å². The molecule has 1 aliphatic heterocycles. The van der Waals surface area contributed by atoms with Gasteiger partial charge in [-0.05, 0) is 49.1 Å². The van der Waals surface area contributed by atoms with E-state index in [1.54, 1.807) is 4.90 Å². The number of halogens is 1. The van der Waals surface area contributed by atoms with Crippen LogP contribution in [-0.2, 0) is 0 Å². The first-order chi connectivity index (χ1) is 11.0. The van der Waals surface area contributed by atoms with Crippen LogP contribution in [0, 0.1) is 6.92 Å². The Hall–Kier alpha value is -2.08. The largest absolute Gasteiger partial charge is 0.475 e. The van der Waals surface area contributed by atoms with E-state index in [2.05, 4.69) is 22.0 Å². The van der Waals surface area contributed by atoms with Gasteiger partial charge < -0.3 is 14.4 Å². The Kier molecular flexibility index (Phi) is 4.26. The molecule has 5 nitrogen and oxygen atoms in total. The summed E-state index contributed by atoms with van der Waals surface area (Å²) in [5, 5.41) is 8.91. The summed E-state index contributed by atoms with van der Waals surface area (Å²) in [7, 11) is 0. The van der Waals surface area contributed by atoms with E-state index >= 15 is 0 Å². The lowest BCUT2D eigenvalue weighted by molar-refractivity contribution is 0.0645. The minimum Gasteiger partial charge on any atom is -0.475 e. The molecule has 1 aromatic heterocycles. The fourth-order valence-corrected chi connectivity index (χ4v) is 3.19. The van der Waals surface area contributed by atoms with Crippen LogP contribution < -0.4 is 0 Å². The van der Waals surface area contributed by atoms with Crippen LogP contribution in [-0.4, -0.2) is 28.4 Å². The Morgan fingerprint density at radius 2 is 2.00 bits per heavy atom. The summed E-state index contributed by atoms with van der Waals surface area (Å²) in [6.07, 6.45) is 1.80. The maximum Gasteiger partial charge on any atom is 0.371 e. The molecule has 0 aliphatic carbocycles. The number of likely N-dealkylation sites (tertiary alicyclic amines) is 1. The van der Waals surface area contributed by atoms with Crippen LogP contribution >= 0.6 is 15.9 Å². The van der Waals surface area contributed by atoms with Gasteiger partial charge in [-0.3, -0.25) is 4.79 Å². The Labute approximate surface area is 142 Å². The fourth-order valence-electron chi connectivity index (χ4n) is 2.94. The molecular formula is C17H16BrNO4. The first-order valence-corrected chi connectivity index (χ1v) is 8.17. The highest BCUT2D eigenvalue weighted by Gasteiger charge is 2.32. The van der Waals surface area contributed by atoms with Crippen LogP contribution in [0.1, 0.15) is 51.1 Å². The Morgan fingerprint density at radius 3 is 2.65 bits per heavy atom. The van der Waals surface area contributed by atoms with Gasteiger partial charge in [0.25, 0.3) is 5.91 Å². The predicted octanol–water partition coefficient (Wildman–Crippen LogP) is 4.03. The van der Waals surface area contributed by atoms with Gasteiger partial charge in [0.1, 0.15) is 0 Å². The SMILES string of the molecule is Cc1cc(C2CCCN2C(=O)c2ccc(C(=O)O)o2)ccc1Br. The highest BCUT2D eigenvalue weighted by molar-refractivity contribution is 9.10. The minimum absolute atomic E-state index is 0.00678. The molecule has 1 N–H and O–H groups in total. The number of aryl methyl sites for hydroxylation is 1. The van der Waals surface area contributed by atoms with Gasteiger partial charge in [-0.1, -0.05) is 28.1 Å². The van der Waals surface area contributed by atoms with E-state index in [0.29, 0.717) is 6.54 Å². The lowest BCUT2D eigenvalue weighted by Gasteiger charge is -2.24. The van der Waals surface area contributed by atoms with Gasteiger partial charge in [0.15, 0.2) is 5.76 Å². The van der Waals surface area contributed by atoms with Crippen molar-refractivity contribution < 1.29 is 19.1 Å². The van der Waals surface area contributed by atoms with Crippen molar-refractivity contribution in [1.82, 2.24) is 4.90 Å². The highest BCUT2D eigenvalue weighted by Crippen LogP contribution is 2.34. The maximum atomic E-state index is 12.6. The Balaban J connectivity index is 1.86. The lowest BCUT2D eigenvalue weighted by atomic mass is 10.0. The van der Waals surface area contributed by atoms with Gasteiger partial charge in [0.2, 0.25) is 5.76 Å². The Bertz CT molecular complexity index is 768. The molecule has 2 aromatic rings. The third-order valence-corrected chi connectivity index (χ3v) is 5.00. The summed E-state index contributed by atoms with van der Waals surface area (Å²) in [4.78, 5) is 25.3. The molecule has 120 valence electrons. The van der Waals surface area contributed by atoms with E-state index in [-0.39, 0.29) is 23.5 Å². The number of amides is 1. The second-order valence-electron chi connectivity index (χ2n) is 5.63. The number of furan rings is 1. The zero-order valence-electron chi connectivity index (χ0n) is 12.6. The summed E-state index contributed by atoms with van der Waals surface area (Å²) in [5.74, 6) is -1.59. The van der Waals surface area contributed by atoms with Crippen LogP contribution in [0.4, 0.5) is 0 Å². The van der Waals surface area contributed by atoms with Gasteiger partial charge >= 0.3 is 5.97 Å². The minimum atomic E-state index is -1.18. The number of hydrogen-bond donors (Lipinski definition) is 1. The van der Waals surface area contributed by atoms with Gasteiger partial charge in [-0.15, -0.1) is 0 Å². The molecule has 23 heavy (non-hydrogen) atoms. The number of carbonyl (C=O) groups is 2. The molecule has 3 rings (SSSR count). The quantitative estimate of drug-likeness (QED) is 0.876. The molecule has 0 bridgehead atoms. The molecule has 6 heteroatoms. The summed E-state index contributed by atoms with van der Waals surface area (Å²) >= 11 is 3.48. The molecule has 1 unspecified atom stereocenters. The summed E-state index contributed by atoms with van der Waals surface area (Å²) < 4.78 is 6.18. The van der Waals surface area contributed by atoms with Crippen molar-refractivity contribution >= 4 is 27.8 Å². The van der Waals surface area contributed by atoms with Crippen LogP contribution in [0.2, 0.25) is 0 Å². The average Bonchev–Trinajstić information content (AvgIpc) is 3.18. The molecule has 1 atom stereocenters. The molecule has 1 fully saturated rings. The van der Waals surface area contributed by atoms with E-state index in [1.807, 2.05) is 19.1 Å². The number of aromatic carboxylic acids is 1. The van der Waals surface area contributed by atoms with E-state index in [9.17, 15) is 9.59 Å². The monoisotopic (exact) mass is 377 g/mol. The van der Waals surface area contributed by atoms with E-state index in [0.717, 1.165) is 28.4 Å². The number of carboxylic acids is 1. The van der Waals surface area contributed by atoms with Crippen molar-refractivity contribution in [3.8, 4) is 0 Å². The molecule has 0 spiro atoms. The topological polar surface area (TPSA) is 70.8 Å². The number of nitrogens with zero attached hydrogens (tertiary/aromatic N) is 1. The number of rotatable bonds is 3. The van der Waals surface area contributed by atoms with Crippen LogP contribution in [0.3, 0.4) is 0 Å². The van der Waals surface area contributed by atoms with Gasteiger partial charge in [-0.2, -0.15) is 0 Å². The molecule has 1 amide bonds. The fraction of sp³-hybridized carbons (Fsp3) is 0.294. The molecule has 0 saturated carbocycles. The van der Waals surface area contributed by atoms with E-state index < -0.39 is 5.97 Å². The standard InChI is InChI=1S/C17H16BrNO4/c1-10-9-11(4-5-12(10)18)13-3-2-8-19(13)16(20)14-6-7-15(23-14)17(21)22/h4-7,9,13H,2-3,8H2,1H3,(H,21,22). The zero-order chi connectivity index (χ0) is 16.6. The van der Waals surface area contributed by atoms with Gasteiger partial charge in [0.05, 0.1) is 6.04 Å². The van der Waals surface area contributed by atoms with Crippen molar-refractivity contribution in [2.75, 3.05) is 6.54 Å². The van der Waals surface area contributed by atoms with Crippen LogP contribution in [0.15, 0.2) is 39.2 Å². The third-order valence-electron chi connectivity index (χ3n) is 4.11. The number of benzene rings is 1. The molecule has 1 aliphatic rings. The summed E-state index contributed by atoms with van der Waals surface area (Å²) in [6, 6.07) is 8.80. The Morgan fingerprint density at radius 1 is 1.26 bits per heavy atom. The average molecular weight is 378 g/mol. The van der Waals surface area contributed by atoms with Crippen molar-refractivity contribution in [3.63, 3.8) is 0 Å². The van der Waals surface area contributed by atoms with Crippen LogP contribution in [0.5, 0.6) is 0 Å². The number of hydrogen-bond acceptors (Lipinski definition) is 3. The van der Waals surface area contributed by atoms with E-state index in [1.165, 1.54) is 12.1 Å². The zero-order valence-corrected chi connectivity index (χ0v) is 14.2. The first kappa shape index (κ1) is 15.8. The normalized spacial score (nSPS) is 17.5. The summed E-state index contributed by atoms with van der Waals surface area (Å²) in [6.45, 7) is 2.65. The van der Waals surface area contributed by atoms with Gasteiger partial charge in [0, 0.05) is 11.0 Å². The maximum absolute atomic E-state index is 12.6. The second kappa shape index (κ2) is 6.20. The van der Waals surface area contributed by atoms with Crippen LogP contribution in [0.25, 0.3) is 0 Å². The van der Waals surface area contributed by atoms with Crippen molar-refractivity contribution in [3.05, 3.63) is 57.5 Å². The first-order valence-electron chi connectivity index (χ1n) is 7.37. The molecule has 2 heterocycles.